The van der Waals surface area contributed by atoms with Crippen LogP contribution in [0.1, 0.15) is 42.7 Å². The van der Waals surface area contributed by atoms with Crippen LogP contribution in [-0.4, -0.2) is 65.3 Å². The van der Waals surface area contributed by atoms with Crippen molar-refractivity contribution in [2.45, 2.75) is 49.8 Å². The highest BCUT2D eigenvalue weighted by Crippen LogP contribution is 2.30. The molecule has 186 valence electrons. The van der Waals surface area contributed by atoms with Crippen molar-refractivity contribution >= 4 is 24.1 Å². The Labute approximate surface area is 205 Å². The summed E-state index contributed by atoms with van der Waals surface area (Å²) in [6, 6.07) is 17.2. The minimum absolute atomic E-state index is 0.0281. The lowest BCUT2D eigenvalue weighted by molar-refractivity contribution is -0.146. The predicted octanol–water partition coefficient (Wildman–Crippen LogP) is 0.908. The van der Waals surface area contributed by atoms with Gasteiger partial charge in [0.2, 0.25) is 5.91 Å². The van der Waals surface area contributed by atoms with Crippen molar-refractivity contribution in [3.05, 3.63) is 71.8 Å². The van der Waals surface area contributed by atoms with Crippen LogP contribution in [0.15, 0.2) is 65.7 Å². The number of nitrogens with one attached hydrogen (secondary N) is 1. The van der Waals surface area contributed by atoms with Gasteiger partial charge in [-0.2, -0.15) is 0 Å². The summed E-state index contributed by atoms with van der Waals surface area (Å²) in [7, 11) is 0. The molecule has 1 aliphatic heterocycles. The summed E-state index contributed by atoms with van der Waals surface area (Å²) in [5.74, 6) is -1.51. The summed E-state index contributed by atoms with van der Waals surface area (Å²) in [5.41, 5.74) is 12.2. The van der Waals surface area contributed by atoms with E-state index in [1.807, 2.05) is 60.7 Å². The molecule has 35 heavy (non-hydrogen) atoms. The van der Waals surface area contributed by atoms with Crippen LogP contribution in [0.3, 0.4) is 0 Å². The van der Waals surface area contributed by atoms with E-state index in [0.717, 1.165) is 11.1 Å². The van der Waals surface area contributed by atoms with Crippen molar-refractivity contribution in [3.8, 4) is 0 Å². The molecule has 6 N–H and O–H groups in total. The fourth-order valence-electron chi connectivity index (χ4n) is 4.47. The Hall–Kier alpha value is -3.72. The van der Waals surface area contributed by atoms with Gasteiger partial charge in [0, 0.05) is 19.0 Å². The van der Waals surface area contributed by atoms with Crippen LogP contribution in [0.4, 0.5) is 0 Å². The zero-order valence-electron chi connectivity index (χ0n) is 19.6. The average molecular weight is 480 g/mol. The molecule has 0 aromatic heterocycles. The molecule has 0 saturated carbocycles. The van der Waals surface area contributed by atoms with Crippen molar-refractivity contribution in [1.29, 1.82) is 0 Å². The van der Waals surface area contributed by atoms with Crippen LogP contribution in [0.2, 0.25) is 0 Å². The number of guanidine groups is 1. The number of aliphatic hydroxyl groups excluding tert-OH is 1. The molecular formula is C26H33N5O4. The van der Waals surface area contributed by atoms with E-state index in [0.29, 0.717) is 45.1 Å². The topological polar surface area (TPSA) is 151 Å². The number of rotatable bonds is 11. The Morgan fingerprint density at radius 2 is 1.69 bits per heavy atom. The van der Waals surface area contributed by atoms with Gasteiger partial charge in [-0.05, 0) is 36.8 Å². The third-order valence-electron chi connectivity index (χ3n) is 6.18. The molecule has 2 aromatic carbocycles. The molecule has 9 heteroatoms. The standard InChI is InChI=1S/C26H33N5O4/c27-26(28)29-15-7-13-20(17-32)30-24(34)21-14-8-16-31(21)25(35)23(33)22(18-9-3-1-4-10-18)19-11-5-2-6-12-19/h1-6,9-12,17,20-23,33H,7-8,13-16H2,(H,30,34)(H4,27,28,29)/t20-,21-,23+/m0/s1. The van der Waals surface area contributed by atoms with E-state index < -0.39 is 35.9 Å². The van der Waals surface area contributed by atoms with E-state index in [4.69, 9.17) is 11.5 Å². The van der Waals surface area contributed by atoms with Gasteiger partial charge in [-0.1, -0.05) is 60.7 Å². The first-order valence-corrected chi connectivity index (χ1v) is 11.8. The summed E-state index contributed by atoms with van der Waals surface area (Å²) < 4.78 is 0. The maximum absolute atomic E-state index is 13.5. The predicted molar refractivity (Wildman–Crippen MR) is 133 cm³/mol. The lowest BCUT2D eigenvalue weighted by Crippen LogP contribution is -2.52. The first-order chi connectivity index (χ1) is 16.9. The summed E-state index contributed by atoms with van der Waals surface area (Å²) in [6.07, 6.45) is 1.29. The van der Waals surface area contributed by atoms with E-state index in [-0.39, 0.29) is 5.96 Å². The van der Waals surface area contributed by atoms with Crippen molar-refractivity contribution in [3.63, 3.8) is 0 Å². The van der Waals surface area contributed by atoms with Crippen molar-refractivity contribution in [2.75, 3.05) is 13.1 Å². The molecule has 0 radical (unpaired) electrons. The number of aliphatic imine (C=N–C) groups is 1. The van der Waals surface area contributed by atoms with Gasteiger partial charge in [-0.25, -0.2) is 0 Å². The number of nitrogens with zero attached hydrogens (tertiary/aromatic N) is 2. The number of hydrogen-bond acceptors (Lipinski definition) is 5. The van der Waals surface area contributed by atoms with Crippen molar-refractivity contribution < 1.29 is 19.5 Å². The zero-order chi connectivity index (χ0) is 25.2. The van der Waals surface area contributed by atoms with Gasteiger partial charge in [-0.3, -0.25) is 14.6 Å². The third-order valence-corrected chi connectivity index (χ3v) is 6.18. The Bertz CT molecular complexity index is 971. The number of aldehydes is 1. The summed E-state index contributed by atoms with van der Waals surface area (Å²) in [6.45, 7) is 0.712. The molecule has 3 atom stereocenters. The molecule has 2 amide bonds. The van der Waals surface area contributed by atoms with Crippen LogP contribution in [0.25, 0.3) is 0 Å². The first kappa shape index (κ1) is 25.9. The van der Waals surface area contributed by atoms with E-state index in [2.05, 4.69) is 10.3 Å². The zero-order valence-corrected chi connectivity index (χ0v) is 19.6. The van der Waals surface area contributed by atoms with Gasteiger partial charge in [0.15, 0.2) is 5.96 Å². The average Bonchev–Trinajstić information content (AvgIpc) is 3.37. The lowest BCUT2D eigenvalue weighted by Gasteiger charge is -2.30. The van der Waals surface area contributed by atoms with E-state index in [1.165, 1.54) is 4.90 Å². The highest BCUT2D eigenvalue weighted by atomic mass is 16.3. The lowest BCUT2D eigenvalue weighted by atomic mass is 9.86. The fraction of sp³-hybridized carbons (Fsp3) is 0.385. The van der Waals surface area contributed by atoms with Crippen LogP contribution in [0, 0.1) is 0 Å². The van der Waals surface area contributed by atoms with E-state index >= 15 is 0 Å². The van der Waals surface area contributed by atoms with Crippen LogP contribution in [0.5, 0.6) is 0 Å². The van der Waals surface area contributed by atoms with Gasteiger partial charge in [-0.15, -0.1) is 0 Å². The number of nitrogens with two attached hydrogens (primary N) is 2. The Morgan fingerprint density at radius 3 is 2.23 bits per heavy atom. The molecule has 9 nitrogen and oxygen atoms in total. The summed E-state index contributed by atoms with van der Waals surface area (Å²) in [4.78, 5) is 43.2. The van der Waals surface area contributed by atoms with Crippen molar-refractivity contribution in [1.82, 2.24) is 10.2 Å². The SMILES string of the molecule is NC(N)=NCCC[C@@H](C=O)NC(=O)[C@@H]1CCCN1C(=O)[C@H](O)C(c1ccccc1)c1ccccc1. The molecule has 0 bridgehead atoms. The maximum Gasteiger partial charge on any atom is 0.253 e. The number of hydrogen-bond donors (Lipinski definition) is 4. The number of amides is 2. The minimum atomic E-state index is -1.37. The number of carbonyl (C=O) groups excluding carboxylic acids is 3. The minimum Gasteiger partial charge on any atom is -0.382 e. The van der Waals surface area contributed by atoms with Crippen LogP contribution >= 0.6 is 0 Å². The largest absolute Gasteiger partial charge is 0.382 e. The quantitative estimate of drug-likeness (QED) is 0.163. The maximum atomic E-state index is 13.5. The highest BCUT2D eigenvalue weighted by Gasteiger charge is 2.40. The molecule has 0 spiro atoms. The third kappa shape index (κ3) is 6.89. The number of benzene rings is 2. The number of aliphatic hydroxyl groups is 1. The van der Waals surface area contributed by atoms with Crippen LogP contribution in [-0.2, 0) is 14.4 Å². The Kier molecular flexibility index (Phi) is 9.37. The van der Waals surface area contributed by atoms with E-state index in [9.17, 15) is 19.5 Å². The summed E-state index contributed by atoms with van der Waals surface area (Å²) in [5, 5.41) is 14.0. The molecule has 2 aromatic rings. The van der Waals surface area contributed by atoms with Gasteiger partial charge in [0.1, 0.15) is 18.4 Å². The molecule has 0 unspecified atom stereocenters. The second kappa shape index (κ2) is 12.7. The van der Waals surface area contributed by atoms with Gasteiger partial charge >= 0.3 is 0 Å². The monoisotopic (exact) mass is 479 g/mol. The molecule has 1 saturated heterocycles. The number of likely N-dealkylation sites (tertiary alicyclic amines) is 1. The fourth-order valence-corrected chi connectivity index (χ4v) is 4.47. The normalized spacial score (nSPS) is 17.0. The Morgan fingerprint density at radius 1 is 1.09 bits per heavy atom. The van der Waals surface area contributed by atoms with Gasteiger partial charge in [0.25, 0.3) is 5.91 Å². The Balaban J connectivity index is 1.71. The second-order valence-electron chi connectivity index (χ2n) is 8.63. The van der Waals surface area contributed by atoms with Crippen LogP contribution < -0.4 is 16.8 Å². The highest BCUT2D eigenvalue weighted by molar-refractivity contribution is 5.91. The first-order valence-electron chi connectivity index (χ1n) is 11.8. The molecule has 0 aliphatic carbocycles. The summed E-state index contributed by atoms with van der Waals surface area (Å²) >= 11 is 0. The molecule has 1 heterocycles. The van der Waals surface area contributed by atoms with E-state index in [1.54, 1.807) is 0 Å². The molecule has 3 rings (SSSR count). The van der Waals surface area contributed by atoms with Crippen molar-refractivity contribution in [2.24, 2.45) is 16.5 Å². The van der Waals surface area contributed by atoms with Gasteiger partial charge < -0.3 is 31.6 Å². The molecule has 1 aliphatic rings. The van der Waals surface area contributed by atoms with Gasteiger partial charge in [0.05, 0.1) is 6.04 Å². The smallest absolute Gasteiger partial charge is 0.253 e. The molecule has 1 fully saturated rings. The number of carbonyl (C=O) groups is 3. The second-order valence-corrected chi connectivity index (χ2v) is 8.63. The molecular weight excluding hydrogens is 446 g/mol.